The summed E-state index contributed by atoms with van der Waals surface area (Å²) in [5.74, 6) is 0. The van der Waals surface area contributed by atoms with Crippen LogP contribution in [0.1, 0.15) is 29.8 Å². The highest BCUT2D eigenvalue weighted by Crippen LogP contribution is 2.20. The van der Waals surface area contributed by atoms with Crippen LogP contribution in [0.4, 0.5) is 0 Å². The Bertz CT molecular complexity index is 748. The Kier molecular flexibility index (Phi) is 4.84. The number of aromatic nitrogens is 1. The molecule has 0 aliphatic carbocycles. The second-order valence-electron chi connectivity index (χ2n) is 5.90. The highest BCUT2D eigenvalue weighted by molar-refractivity contribution is 5.63. The predicted molar refractivity (Wildman–Crippen MR) is 96.1 cm³/mol. The number of pyridine rings is 1. The Morgan fingerprint density at radius 2 is 1.74 bits per heavy atom. The molecule has 0 saturated carbocycles. The maximum atomic E-state index is 4.38. The minimum absolute atomic E-state index is 0.334. The Labute approximate surface area is 138 Å². The number of aryl methyl sites for hydroxylation is 1. The molecule has 2 aromatic carbocycles. The van der Waals surface area contributed by atoms with E-state index in [9.17, 15) is 0 Å². The van der Waals surface area contributed by atoms with Gasteiger partial charge in [0.25, 0.3) is 0 Å². The summed E-state index contributed by atoms with van der Waals surface area (Å²) in [6, 6.07) is 23.7. The van der Waals surface area contributed by atoms with E-state index in [4.69, 9.17) is 0 Å². The highest BCUT2D eigenvalue weighted by Gasteiger charge is 2.05. The molecule has 1 heterocycles. The highest BCUT2D eigenvalue weighted by atomic mass is 14.9. The first-order valence-electron chi connectivity index (χ1n) is 8.03. The summed E-state index contributed by atoms with van der Waals surface area (Å²) in [5, 5.41) is 3.59. The number of nitrogens with zero attached hydrogens (tertiary/aromatic N) is 1. The predicted octanol–water partition coefficient (Wildman–Crippen LogP) is 4.91. The van der Waals surface area contributed by atoms with E-state index in [-0.39, 0.29) is 0 Å². The number of hydrogen-bond acceptors (Lipinski definition) is 2. The van der Waals surface area contributed by atoms with Crippen molar-refractivity contribution >= 4 is 0 Å². The first kappa shape index (κ1) is 15.4. The number of nitrogens with one attached hydrogen (secondary N) is 1. The zero-order valence-corrected chi connectivity index (χ0v) is 13.7. The average molecular weight is 302 g/mol. The first-order chi connectivity index (χ1) is 11.2. The van der Waals surface area contributed by atoms with Crippen molar-refractivity contribution < 1.29 is 0 Å². The van der Waals surface area contributed by atoms with Crippen molar-refractivity contribution in [3.63, 3.8) is 0 Å². The molecule has 3 rings (SSSR count). The topological polar surface area (TPSA) is 24.9 Å². The molecule has 3 aromatic rings. The third-order valence-electron chi connectivity index (χ3n) is 4.08. The lowest BCUT2D eigenvalue weighted by molar-refractivity contribution is 0.575. The molecule has 1 N–H and O–H groups in total. The zero-order chi connectivity index (χ0) is 16.1. The molecule has 0 spiro atoms. The first-order valence-corrected chi connectivity index (χ1v) is 8.03. The van der Waals surface area contributed by atoms with Crippen LogP contribution in [0.5, 0.6) is 0 Å². The molecule has 0 radical (unpaired) electrons. The molecule has 2 heteroatoms. The molecule has 2 nitrogen and oxygen atoms in total. The SMILES string of the molecule is Cc1ccc(-c2cccc(CNC(C)c3ccccc3)c2)cn1. The van der Waals surface area contributed by atoms with Crippen molar-refractivity contribution in [2.24, 2.45) is 0 Å². The van der Waals surface area contributed by atoms with Crippen LogP contribution < -0.4 is 5.32 Å². The van der Waals surface area contributed by atoms with Gasteiger partial charge in [-0.25, -0.2) is 0 Å². The summed E-state index contributed by atoms with van der Waals surface area (Å²) in [6.07, 6.45) is 1.94. The fourth-order valence-corrected chi connectivity index (χ4v) is 2.63. The quantitative estimate of drug-likeness (QED) is 0.724. The van der Waals surface area contributed by atoms with Crippen molar-refractivity contribution in [1.82, 2.24) is 10.3 Å². The van der Waals surface area contributed by atoms with E-state index in [1.165, 1.54) is 16.7 Å². The number of rotatable bonds is 5. The lowest BCUT2D eigenvalue weighted by Crippen LogP contribution is -2.17. The molecule has 0 aliphatic heterocycles. The van der Waals surface area contributed by atoms with Gasteiger partial charge in [0.1, 0.15) is 0 Å². The van der Waals surface area contributed by atoms with Crippen LogP contribution in [0.25, 0.3) is 11.1 Å². The van der Waals surface area contributed by atoms with Gasteiger partial charge in [-0.3, -0.25) is 4.98 Å². The van der Waals surface area contributed by atoms with E-state index in [0.29, 0.717) is 6.04 Å². The van der Waals surface area contributed by atoms with E-state index in [0.717, 1.165) is 17.8 Å². The maximum absolute atomic E-state index is 4.38. The summed E-state index contributed by atoms with van der Waals surface area (Å²) in [4.78, 5) is 4.38. The Morgan fingerprint density at radius 3 is 2.48 bits per heavy atom. The lowest BCUT2D eigenvalue weighted by atomic mass is 10.0. The summed E-state index contributed by atoms with van der Waals surface area (Å²) in [7, 11) is 0. The Hall–Kier alpha value is -2.45. The largest absolute Gasteiger partial charge is 0.306 e. The molecular formula is C21H22N2. The minimum Gasteiger partial charge on any atom is -0.306 e. The van der Waals surface area contributed by atoms with Crippen LogP contribution >= 0.6 is 0 Å². The summed E-state index contributed by atoms with van der Waals surface area (Å²) < 4.78 is 0. The van der Waals surface area contributed by atoms with E-state index in [2.05, 4.69) is 84.0 Å². The van der Waals surface area contributed by atoms with E-state index >= 15 is 0 Å². The van der Waals surface area contributed by atoms with Gasteiger partial charge in [-0.1, -0.05) is 54.6 Å². The van der Waals surface area contributed by atoms with Crippen LogP contribution in [0, 0.1) is 6.92 Å². The van der Waals surface area contributed by atoms with Crippen molar-refractivity contribution in [1.29, 1.82) is 0 Å². The maximum Gasteiger partial charge on any atom is 0.0373 e. The molecule has 116 valence electrons. The third-order valence-corrected chi connectivity index (χ3v) is 4.08. The Morgan fingerprint density at radius 1 is 0.913 bits per heavy atom. The third kappa shape index (κ3) is 4.05. The summed E-state index contributed by atoms with van der Waals surface area (Å²) >= 11 is 0. The minimum atomic E-state index is 0.334. The molecule has 23 heavy (non-hydrogen) atoms. The lowest BCUT2D eigenvalue weighted by Gasteiger charge is -2.14. The van der Waals surface area contributed by atoms with Crippen LogP contribution in [0.15, 0.2) is 72.9 Å². The second-order valence-corrected chi connectivity index (χ2v) is 5.90. The Balaban J connectivity index is 1.69. The molecule has 0 bridgehead atoms. The summed E-state index contributed by atoms with van der Waals surface area (Å²) in [5.41, 5.74) is 6.01. The van der Waals surface area contributed by atoms with Crippen molar-refractivity contribution in [2.75, 3.05) is 0 Å². The normalized spacial score (nSPS) is 12.1. The summed E-state index contributed by atoms with van der Waals surface area (Å²) in [6.45, 7) is 5.06. The van der Waals surface area contributed by atoms with Gasteiger partial charge >= 0.3 is 0 Å². The van der Waals surface area contributed by atoms with Crippen LogP contribution in [-0.4, -0.2) is 4.98 Å². The zero-order valence-electron chi connectivity index (χ0n) is 13.7. The van der Waals surface area contributed by atoms with E-state index in [1.54, 1.807) is 0 Å². The number of hydrogen-bond donors (Lipinski definition) is 1. The van der Waals surface area contributed by atoms with Crippen molar-refractivity contribution in [3.05, 3.63) is 89.7 Å². The molecule has 0 amide bonds. The van der Waals surface area contributed by atoms with Crippen LogP contribution in [-0.2, 0) is 6.54 Å². The molecule has 0 fully saturated rings. The van der Waals surface area contributed by atoms with Gasteiger partial charge in [0.15, 0.2) is 0 Å². The van der Waals surface area contributed by atoms with Crippen molar-refractivity contribution in [3.8, 4) is 11.1 Å². The van der Waals surface area contributed by atoms with Gasteiger partial charge in [-0.15, -0.1) is 0 Å². The number of benzene rings is 2. The van der Waals surface area contributed by atoms with Crippen LogP contribution in [0.2, 0.25) is 0 Å². The molecular weight excluding hydrogens is 280 g/mol. The fourth-order valence-electron chi connectivity index (χ4n) is 2.63. The standard InChI is InChI=1S/C21H22N2/c1-16-11-12-21(15-22-16)20-10-6-7-18(13-20)14-23-17(2)19-8-4-3-5-9-19/h3-13,15,17,23H,14H2,1-2H3. The smallest absolute Gasteiger partial charge is 0.0373 e. The van der Waals surface area contributed by atoms with Gasteiger partial charge in [0.05, 0.1) is 0 Å². The van der Waals surface area contributed by atoms with Gasteiger partial charge in [0, 0.05) is 30.0 Å². The monoisotopic (exact) mass is 302 g/mol. The van der Waals surface area contributed by atoms with Gasteiger partial charge < -0.3 is 5.32 Å². The average Bonchev–Trinajstić information content (AvgIpc) is 2.61. The fraction of sp³-hybridized carbons (Fsp3) is 0.190. The molecule has 0 aliphatic rings. The van der Waals surface area contributed by atoms with Gasteiger partial charge in [-0.2, -0.15) is 0 Å². The molecule has 1 aromatic heterocycles. The second kappa shape index (κ2) is 7.21. The van der Waals surface area contributed by atoms with E-state index < -0.39 is 0 Å². The van der Waals surface area contributed by atoms with E-state index in [1.807, 2.05) is 13.1 Å². The van der Waals surface area contributed by atoms with Crippen LogP contribution in [0.3, 0.4) is 0 Å². The molecule has 0 saturated heterocycles. The van der Waals surface area contributed by atoms with Gasteiger partial charge in [-0.05, 0) is 42.7 Å². The van der Waals surface area contributed by atoms with Gasteiger partial charge in [0.2, 0.25) is 0 Å². The van der Waals surface area contributed by atoms with Crippen molar-refractivity contribution in [2.45, 2.75) is 26.4 Å². The molecule has 1 atom stereocenters. The molecule has 1 unspecified atom stereocenters.